The van der Waals surface area contributed by atoms with Gasteiger partial charge in [0.1, 0.15) is 17.9 Å². The molecule has 1 unspecified atom stereocenters. The van der Waals surface area contributed by atoms with Gasteiger partial charge in [0, 0.05) is 32.0 Å². The van der Waals surface area contributed by atoms with Crippen molar-refractivity contribution in [2.45, 2.75) is 45.2 Å². The Bertz CT molecular complexity index is 428. The van der Waals surface area contributed by atoms with Crippen molar-refractivity contribution in [3.8, 4) is 0 Å². The maximum absolute atomic E-state index is 12.0. The average Bonchev–Trinajstić information content (AvgIpc) is 2.75. The number of rotatable bonds is 2. The van der Waals surface area contributed by atoms with Crippen molar-refractivity contribution < 1.29 is 4.79 Å². The van der Waals surface area contributed by atoms with Crippen LogP contribution in [-0.2, 0) is 17.9 Å². The Labute approximate surface area is 107 Å². The molecule has 5 heteroatoms. The number of fused-ring (bicyclic) bond motifs is 1. The van der Waals surface area contributed by atoms with Crippen molar-refractivity contribution in [1.82, 2.24) is 19.7 Å². The van der Waals surface area contributed by atoms with Gasteiger partial charge in [0.25, 0.3) is 0 Å². The lowest BCUT2D eigenvalue weighted by molar-refractivity contribution is -0.123. The molecule has 1 atom stereocenters. The van der Waals surface area contributed by atoms with Gasteiger partial charge < -0.3 is 4.57 Å². The van der Waals surface area contributed by atoms with E-state index in [-0.39, 0.29) is 5.92 Å². The smallest absolute Gasteiger partial charge is 0.147 e. The van der Waals surface area contributed by atoms with Gasteiger partial charge in [-0.1, -0.05) is 12.8 Å². The summed E-state index contributed by atoms with van der Waals surface area (Å²) in [6, 6.07) is 0. The van der Waals surface area contributed by atoms with E-state index in [1.54, 1.807) is 6.33 Å². The number of hydrogen-bond donors (Lipinski definition) is 0. The van der Waals surface area contributed by atoms with Crippen LogP contribution in [0, 0.1) is 5.92 Å². The fourth-order valence-corrected chi connectivity index (χ4v) is 3.01. The van der Waals surface area contributed by atoms with Crippen LogP contribution in [0.5, 0.6) is 0 Å². The van der Waals surface area contributed by atoms with Crippen molar-refractivity contribution in [2.75, 3.05) is 13.1 Å². The van der Waals surface area contributed by atoms with E-state index >= 15 is 0 Å². The molecule has 1 aromatic heterocycles. The van der Waals surface area contributed by atoms with E-state index in [0.29, 0.717) is 5.78 Å². The molecule has 0 saturated heterocycles. The molecule has 2 heterocycles. The van der Waals surface area contributed by atoms with Crippen molar-refractivity contribution in [3.63, 3.8) is 0 Å². The summed E-state index contributed by atoms with van der Waals surface area (Å²) in [5, 5.41) is 8.06. The van der Waals surface area contributed by atoms with Crippen LogP contribution >= 0.6 is 0 Å². The molecule has 0 amide bonds. The molecule has 18 heavy (non-hydrogen) atoms. The molecule has 1 fully saturated rings. The molecule has 0 spiro atoms. The Morgan fingerprint density at radius 3 is 3.17 bits per heavy atom. The van der Waals surface area contributed by atoms with Gasteiger partial charge in [-0.3, -0.25) is 9.69 Å². The zero-order chi connectivity index (χ0) is 12.4. The SMILES string of the molecule is O=C1CCCCCC1CN1CCn2cnnc2C1. The highest BCUT2D eigenvalue weighted by Crippen LogP contribution is 2.22. The highest BCUT2D eigenvalue weighted by Gasteiger charge is 2.25. The summed E-state index contributed by atoms with van der Waals surface area (Å²) < 4.78 is 2.10. The van der Waals surface area contributed by atoms with Crippen LogP contribution in [-0.4, -0.2) is 38.5 Å². The molecule has 2 aliphatic rings. The molecule has 0 aromatic carbocycles. The second-order valence-electron chi connectivity index (χ2n) is 5.44. The molecule has 0 bridgehead atoms. The topological polar surface area (TPSA) is 51.0 Å². The Hall–Kier alpha value is -1.23. The van der Waals surface area contributed by atoms with Gasteiger partial charge >= 0.3 is 0 Å². The van der Waals surface area contributed by atoms with E-state index in [0.717, 1.165) is 51.3 Å². The lowest BCUT2D eigenvalue weighted by atomic mass is 9.98. The molecular formula is C13H20N4O. The first kappa shape index (κ1) is 11.8. The van der Waals surface area contributed by atoms with Gasteiger partial charge in [0.2, 0.25) is 0 Å². The minimum atomic E-state index is 0.252. The summed E-state index contributed by atoms with van der Waals surface area (Å²) in [6.07, 6.45) is 7.17. The second kappa shape index (κ2) is 5.18. The van der Waals surface area contributed by atoms with Crippen LogP contribution in [0.15, 0.2) is 6.33 Å². The Kier molecular flexibility index (Phi) is 3.41. The Morgan fingerprint density at radius 1 is 1.28 bits per heavy atom. The first-order valence-corrected chi connectivity index (χ1v) is 6.94. The second-order valence-corrected chi connectivity index (χ2v) is 5.44. The van der Waals surface area contributed by atoms with Crippen molar-refractivity contribution in [1.29, 1.82) is 0 Å². The highest BCUT2D eigenvalue weighted by atomic mass is 16.1. The summed E-state index contributed by atoms with van der Waals surface area (Å²) in [7, 11) is 0. The lowest BCUT2D eigenvalue weighted by Crippen LogP contribution is -2.38. The standard InChI is InChI=1S/C13H20N4O/c18-12-5-3-1-2-4-11(12)8-16-6-7-17-10-14-15-13(17)9-16/h10-11H,1-9H2. The lowest BCUT2D eigenvalue weighted by Gasteiger charge is -2.29. The van der Waals surface area contributed by atoms with E-state index in [1.165, 1.54) is 12.8 Å². The molecule has 98 valence electrons. The molecule has 0 radical (unpaired) electrons. The molecule has 5 nitrogen and oxygen atoms in total. The van der Waals surface area contributed by atoms with E-state index in [4.69, 9.17) is 0 Å². The number of carbonyl (C=O) groups is 1. The number of carbonyl (C=O) groups excluding carboxylic acids is 1. The summed E-state index contributed by atoms with van der Waals surface area (Å²) in [5.74, 6) is 1.75. The third-order valence-electron chi connectivity index (χ3n) is 4.13. The summed E-state index contributed by atoms with van der Waals surface area (Å²) in [5.41, 5.74) is 0. The van der Waals surface area contributed by atoms with Crippen molar-refractivity contribution >= 4 is 5.78 Å². The maximum atomic E-state index is 12.0. The van der Waals surface area contributed by atoms with Gasteiger partial charge in [-0.25, -0.2) is 0 Å². The van der Waals surface area contributed by atoms with E-state index < -0.39 is 0 Å². The maximum Gasteiger partial charge on any atom is 0.147 e. The third kappa shape index (κ3) is 2.46. The van der Waals surface area contributed by atoms with Gasteiger partial charge in [0.05, 0.1) is 6.54 Å². The fraction of sp³-hybridized carbons (Fsp3) is 0.769. The van der Waals surface area contributed by atoms with Gasteiger partial charge in [-0.15, -0.1) is 10.2 Å². The molecule has 1 aliphatic carbocycles. The average molecular weight is 248 g/mol. The summed E-state index contributed by atoms with van der Waals surface area (Å²) in [6.45, 7) is 3.70. The van der Waals surface area contributed by atoms with Crippen LogP contribution < -0.4 is 0 Å². The molecule has 1 aliphatic heterocycles. The van der Waals surface area contributed by atoms with E-state index in [2.05, 4.69) is 19.7 Å². The van der Waals surface area contributed by atoms with Crippen LogP contribution in [0.25, 0.3) is 0 Å². The minimum Gasteiger partial charge on any atom is -0.315 e. The summed E-state index contributed by atoms with van der Waals surface area (Å²) >= 11 is 0. The number of aromatic nitrogens is 3. The van der Waals surface area contributed by atoms with Crippen LogP contribution in [0.3, 0.4) is 0 Å². The van der Waals surface area contributed by atoms with Gasteiger partial charge in [-0.2, -0.15) is 0 Å². The molecule has 0 N–H and O–H groups in total. The monoisotopic (exact) mass is 248 g/mol. The predicted molar refractivity (Wildman–Crippen MR) is 66.9 cm³/mol. The largest absolute Gasteiger partial charge is 0.315 e. The molecule has 1 saturated carbocycles. The van der Waals surface area contributed by atoms with Gasteiger partial charge in [-0.05, 0) is 12.8 Å². The third-order valence-corrected chi connectivity index (χ3v) is 4.13. The van der Waals surface area contributed by atoms with Crippen LogP contribution in [0.4, 0.5) is 0 Å². The normalized spacial score (nSPS) is 25.8. The number of Topliss-reactive ketones (excluding diaryl/α,β-unsaturated/α-hetero) is 1. The van der Waals surface area contributed by atoms with Crippen molar-refractivity contribution in [3.05, 3.63) is 12.2 Å². The van der Waals surface area contributed by atoms with Gasteiger partial charge in [0.15, 0.2) is 0 Å². The fourth-order valence-electron chi connectivity index (χ4n) is 3.01. The Morgan fingerprint density at radius 2 is 2.22 bits per heavy atom. The van der Waals surface area contributed by atoms with Crippen LogP contribution in [0.1, 0.15) is 37.9 Å². The Balaban J connectivity index is 1.61. The predicted octanol–water partition coefficient (Wildman–Crippen LogP) is 1.24. The highest BCUT2D eigenvalue weighted by molar-refractivity contribution is 5.81. The number of hydrogen-bond acceptors (Lipinski definition) is 4. The first-order chi connectivity index (χ1) is 8.83. The molecule has 1 aromatic rings. The van der Waals surface area contributed by atoms with Crippen molar-refractivity contribution in [2.24, 2.45) is 5.92 Å². The van der Waals surface area contributed by atoms with E-state index in [9.17, 15) is 4.79 Å². The molecular weight excluding hydrogens is 228 g/mol. The van der Waals surface area contributed by atoms with Crippen LogP contribution in [0.2, 0.25) is 0 Å². The zero-order valence-corrected chi connectivity index (χ0v) is 10.7. The zero-order valence-electron chi connectivity index (χ0n) is 10.7. The summed E-state index contributed by atoms with van der Waals surface area (Å²) in [4.78, 5) is 14.4. The first-order valence-electron chi connectivity index (χ1n) is 6.94. The number of ketones is 1. The number of nitrogens with zero attached hydrogens (tertiary/aromatic N) is 4. The minimum absolute atomic E-state index is 0.252. The quantitative estimate of drug-likeness (QED) is 0.739. The van der Waals surface area contributed by atoms with E-state index in [1.807, 2.05) is 0 Å². The molecule has 3 rings (SSSR count).